The van der Waals surface area contributed by atoms with Gasteiger partial charge in [0.1, 0.15) is 0 Å². The Morgan fingerprint density at radius 1 is 1.23 bits per heavy atom. The van der Waals surface area contributed by atoms with Crippen LogP contribution in [0, 0.1) is 6.92 Å². The predicted molar refractivity (Wildman–Crippen MR) is 87.5 cm³/mol. The molecule has 0 saturated heterocycles. The number of H-pyrrole nitrogens is 1. The summed E-state index contributed by atoms with van der Waals surface area (Å²) < 4.78 is 0. The van der Waals surface area contributed by atoms with Crippen molar-refractivity contribution in [3.8, 4) is 0 Å². The molecule has 1 aromatic carbocycles. The smallest absolute Gasteiger partial charge is 0.224 e. The van der Waals surface area contributed by atoms with Crippen LogP contribution in [-0.2, 0) is 11.2 Å². The van der Waals surface area contributed by atoms with Crippen LogP contribution in [0.2, 0.25) is 0 Å². The zero-order valence-corrected chi connectivity index (χ0v) is 12.8. The highest BCUT2D eigenvalue weighted by Gasteiger charge is 2.14. The maximum Gasteiger partial charge on any atom is 0.224 e. The van der Waals surface area contributed by atoms with E-state index in [-0.39, 0.29) is 11.9 Å². The van der Waals surface area contributed by atoms with Crippen LogP contribution in [0.5, 0.6) is 0 Å². The molecular formula is C18H19N3O. The molecular weight excluding hydrogens is 274 g/mol. The van der Waals surface area contributed by atoms with Crippen molar-refractivity contribution in [2.75, 3.05) is 0 Å². The highest BCUT2D eigenvalue weighted by atomic mass is 16.1. The third kappa shape index (κ3) is 2.86. The van der Waals surface area contributed by atoms with Gasteiger partial charge in [0.05, 0.1) is 12.5 Å². The Morgan fingerprint density at radius 3 is 2.73 bits per heavy atom. The number of hydrogen-bond acceptors (Lipinski definition) is 2. The summed E-state index contributed by atoms with van der Waals surface area (Å²) in [6.45, 7) is 3.99. The Hall–Kier alpha value is -2.62. The van der Waals surface area contributed by atoms with Crippen LogP contribution >= 0.6 is 0 Å². The number of aromatic amines is 1. The molecule has 2 aromatic heterocycles. The molecule has 2 heterocycles. The molecule has 112 valence electrons. The number of nitrogens with one attached hydrogen (secondary N) is 2. The number of aryl methyl sites for hydroxylation is 1. The van der Waals surface area contributed by atoms with Gasteiger partial charge >= 0.3 is 0 Å². The summed E-state index contributed by atoms with van der Waals surface area (Å²) in [6, 6.07) is 11.9. The number of aromatic nitrogens is 2. The Bertz CT molecular complexity index is 792. The molecule has 0 saturated carbocycles. The number of rotatable bonds is 4. The molecule has 0 spiro atoms. The van der Waals surface area contributed by atoms with Crippen molar-refractivity contribution >= 4 is 16.8 Å². The van der Waals surface area contributed by atoms with Crippen LogP contribution in [0.3, 0.4) is 0 Å². The van der Waals surface area contributed by atoms with E-state index in [1.807, 2.05) is 50.2 Å². The lowest BCUT2D eigenvalue weighted by molar-refractivity contribution is -0.121. The van der Waals surface area contributed by atoms with Gasteiger partial charge in [0.15, 0.2) is 0 Å². The standard InChI is InChI=1S/C18H19N3O/c1-12(14-7-9-19-10-8-14)21-18(22)11-16-13(2)20-17-6-4-3-5-15(16)17/h3-10,12,20H,11H2,1-2H3,(H,21,22). The van der Waals surface area contributed by atoms with Gasteiger partial charge in [-0.2, -0.15) is 0 Å². The fourth-order valence-electron chi connectivity index (χ4n) is 2.75. The molecule has 1 unspecified atom stereocenters. The zero-order chi connectivity index (χ0) is 15.5. The average molecular weight is 293 g/mol. The third-order valence-corrected chi connectivity index (χ3v) is 3.95. The van der Waals surface area contributed by atoms with Gasteiger partial charge in [-0.05, 0) is 43.2 Å². The lowest BCUT2D eigenvalue weighted by Gasteiger charge is -2.14. The number of para-hydroxylation sites is 1. The van der Waals surface area contributed by atoms with Crippen LogP contribution in [0.4, 0.5) is 0 Å². The highest BCUT2D eigenvalue weighted by molar-refractivity contribution is 5.90. The zero-order valence-electron chi connectivity index (χ0n) is 12.8. The van der Waals surface area contributed by atoms with Gasteiger partial charge in [0.25, 0.3) is 0 Å². The number of hydrogen-bond donors (Lipinski definition) is 2. The lowest BCUT2D eigenvalue weighted by atomic mass is 10.1. The maximum atomic E-state index is 12.3. The van der Waals surface area contributed by atoms with Crippen LogP contribution < -0.4 is 5.32 Å². The van der Waals surface area contributed by atoms with Crippen molar-refractivity contribution in [2.45, 2.75) is 26.3 Å². The van der Waals surface area contributed by atoms with E-state index < -0.39 is 0 Å². The summed E-state index contributed by atoms with van der Waals surface area (Å²) in [7, 11) is 0. The van der Waals surface area contributed by atoms with Crippen molar-refractivity contribution in [3.05, 3.63) is 65.6 Å². The van der Waals surface area contributed by atoms with Crippen molar-refractivity contribution in [1.29, 1.82) is 0 Å². The lowest BCUT2D eigenvalue weighted by Crippen LogP contribution is -2.28. The van der Waals surface area contributed by atoms with Crippen LogP contribution in [0.15, 0.2) is 48.8 Å². The van der Waals surface area contributed by atoms with E-state index in [2.05, 4.69) is 15.3 Å². The minimum absolute atomic E-state index is 0.0252. The van der Waals surface area contributed by atoms with Gasteiger partial charge in [0.2, 0.25) is 5.91 Å². The van der Waals surface area contributed by atoms with Gasteiger partial charge < -0.3 is 10.3 Å². The molecule has 22 heavy (non-hydrogen) atoms. The first kappa shape index (κ1) is 14.3. The first-order valence-corrected chi connectivity index (χ1v) is 7.40. The Morgan fingerprint density at radius 2 is 1.95 bits per heavy atom. The van der Waals surface area contributed by atoms with E-state index in [0.29, 0.717) is 6.42 Å². The van der Waals surface area contributed by atoms with Gasteiger partial charge in [-0.1, -0.05) is 18.2 Å². The Labute approximate surface area is 129 Å². The molecule has 2 N–H and O–H groups in total. The predicted octanol–water partition coefficient (Wildman–Crippen LogP) is 3.29. The largest absolute Gasteiger partial charge is 0.358 e. The quantitative estimate of drug-likeness (QED) is 0.775. The average Bonchev–Trinajstić information content (AvgIpc) is 2.84. The third-order valence-electron chi connectivity index (χ3n) is 3.95. The van der Waals surface area contributed by atoms with E-state index in [1.54, 1.807) is 12.4 Å². The first-order chi connectivity index (χ1) is 10.6. The molecule has 0 bridgehead atoms. The minimum atomic E-state index is -0.0268. The fraction of sp³-hybridized carbons (Fsp3) is 0.222. The number of nitrogens with zero attached hydrogens (tertiary/aromatic N) is 1. The van der Waals surface area contributed by atoms with Crippen molar-refractivity contribution in [2.24, 2.45) is 0 Å². The maximum absolute atomic E-state index is 12.3. The topological polar surface area (TPSA) is 57.8 Å². The van der Waals surface area contributed by atoms with Crippen molar-refractivity contribution in [3.63, 3.8) is 0 Å². The summed E-state index contributed by atoms with van der Waals surface area (Å²) in [6.07, 6.45) is 3.86. The van der Waals surface area contributed by atoms with Crippen LogP contribution in [0.1, 0.15) is 29.8 Å². The summed E-state index contributed by atoms with van der Waals surface area (Å²) in [4.78, 5) is 19.7. The minimum Gasteiger partial charge on any atom is -0.358 e. The van der Waals surface area contributed by atoms with E-state index in [0.717, 1.165) is 27.7 Å². The first-order valence-electron chi connectivity index (χ1n) is 7.40. The van der Waals surface area contributed by atoms with Gasteiger partial charge in [-0.25, -0.2) is 0 Å². The normalized spacial score (nSPS) is 12.3. The molecule has 4 heteroatoms. The van der Waals surface area contributed by atoms with E-state index >= 15 is 0 Å². The van der Waals surface area contributed by atoms with Crippen molar-refractivity contribution in [1.82, 2.24) is 15.3 Å². The SMILES string of the molecule is Cc1[nH]c2ccccc2c1CC(=O)NC(C)c1ccncc1. The number of carbonyl (C=O) groups is 1. The Kier molecular flexibility index (Phi) is 3.92. The number of pyridine rings is 1. The number of fused-ring (bicyclic) bond motifs is 1. The second kappa shape index (κ2) is 6.02. The molecule has 0 aliphatic heterocycles. The number of carbonyl (C=O) groups excluding carboxylic acids is 1. The molecule has 4 nitrogen and oxygen atoms in total. The summed E-state index contributed by atoms with van der Waals surface area (Å²) in [5.41, 5.74) is 4.24. The molecule has 0 fully saturated rings. The monoisotopic (exact) mass is 293 g/mol. The summed E-state index contributed by atoms with van der Waals surface area (Å²) in [5, 5.41) is 4.16. The van der Waals surface area contributed by atoms with Crippen LogP contribution in [0.25, 0.3) is 10.9 Å². The molecule has 1 amide bonds. The van der Waals surface area contributed by atoms with Gasteiger partial charge in [0, 0.05) is 29.0 Å². The second-order valence-corrected chi connectivity index (χ2v) is 5.52. The van der Waals surface area contributed by atoms with Crippen molar-refractivity contribution < 1.29 is 4.79 Å². The highest BCUT2D eigenvalue weighted by Crippen LogP contribution is 2.22. The van der Waals surface area contributed by atoms with Crippen LogP contribution in [-0.4, -0.2) is 15.9 Å². The molecule has 0 aliphatic rings. The summed E-state index contributed by atoms with van der Waals surface area (Å²) >= 11 is 0. The number of amides is 1. The second-order valence-electron chi connectivity index (χ2n) is 5.52. The molecule has 3 aromatic rings. The Balaban J connectivity index is 1.75. The molecule has 0 aliphatic carbocycles. The summed E-state index contributed by atoms with van der Waals surface area (Å²) in [5.74, 6) is 0.0252. The fourth-order valence-corrected chi connectivity index (χ4v) is 2.75. The van der Waals surface area contributed by atoms with Gasteiger partial charge in [-0.15, -0.1) is 0 Å². The van der Waals surface area contributed by atoms with E-state index in [9.17, 15) is 4.79 Å². The molecule has 1 atom stereocenters. The van der Waals surface area contributed by atoms with Gasteiger partial charge in [-0.3, -0.25) is 9.78 Å². The molecule has 3 rings (SSSR count). The number of benzene rings is 1. The van der Waals surface area contributed by atoms with E-state index in [1.165, 1.54) is 0 Å². The molecule has 0 radical (unpaired) electrons. The van der Waals surface area contributed by atoms with E-state index in [4.69, 9.17) is 0 Å².